The number of aliphatic hydroxyl groups excluding tert-OH is 6. The summed E-state index contributed by atoms with van der Waals surface area (Å²) in [6, 6.07) is 4.68. The summed E-state index contributed by atoms with van der Waals surface area (Å²) in [6.07, 6.45) is -6.97. The second kappa shape index (κ2) is 8.77. The smallest absolute Gasteiger partial charge is 0.229 e. The molecular formula is C16H24O9. The van der Waals surface area contributed by atoms with Gasteiger partial charge in [0.2, 0.25) is 6.29 Å². The molecule has 1 aromatic rings. The van der Waals surface area contributed by atoms with E-state index in [0.717, 1.165) is 0 Å². The van der Waals surface area contributed by atoms with Gasteiger partial charge in [-0.2, -0.15) is 0 Å². The van der Waals surface area contributed by atoms with Gasteiger partial charge in [0.15, 0.2) is 11.5 Å². The Bertz CT molecular complexity index is 546. The normalized spacial score (nSPS) is 29.7. The van der Waals surface area contributed by atoms with Crippen LogP contribution in [0.25, 0.3) is 0 Å². The van der Waals surface area contributed by atoms with Crippen molar-refractivity contribution in [3.63, 3.8) is 0 Å². The van der Waals surface area contributed by atoms with Gasteiger partial charge in [0, 0.05) is 5.92 Å². The minimum absolute atomic E-state index is 0.185. The fraction of sp³-hybridized carbons (Fsp3) is 0.625. The number of hydrogen-bond acceptors (Lipinski definition) is 9. The maximum atomic E-state index is 10.0. The molecule has 9 nitrogen and oxygen atoms in total. The van der Waals surface area contributed by atoms with E-state index in [9.17, 15) is 30.6 Å². The van der Waals surface area contributed by atoms with Crippen molar-refractivity contribution in [1.29, 1.82) is 0 Å². The minimum Gasteiger partial charge on any atom is -0.493 e. The average Bonchev–Trinajstić information content (AvgIpc) is 2.63. The second-order valence-electron chi connectivity index (χ2n) is 5.79. The highest BCUT2D eigenvalue weighted by molar-refractivity contribution is 5.44. The molecule has 6 N–H and O–H groups in total. The summed E-state index contributed by atoms with van der Waals surface area (Å²) in [5.74, 6) is -0.0261. The predicted molar refractivity (Wildman–Crippen MR) is 84.3 cm³/mol. The summed E-state index contributed by atoms with van der Waals surface area (Å²) >= 11 is 0. The van der Waals surface area contributed by atoms with E-state index in [1.54, 1.807) is 12.1 Å². The van der Waals surface area contributed by atoms with Crippen molar-refractivity contribution >= 4 is 0 Å². The van der Waals surface area contributed by atoms with Crippen molar-refractivity contribution in [3.05, 3.63) is 23.8 Å². The van der Waals surface area contributed by atoms with Crippen molar-refractivity contribution < 1.29 is 44.8 Å². The van der Waals surface area contributed by atoms with Gasteiger partial charge in [-0.3, -0.25) is 0 Å². The highest BCUT2D eigenvalue weighted by Crippen LogP contribution is 2.33. The molecule has 142 valence electrons. The molecule has 2 rings (SSSR count). The van der Waals surface area contributed by atoms with Crippen LogP contribution in [0.15, 0.2) is 18.2 Å². The summed E-state index contributed by atoms with van der Waals surface area (Å²) in [5, 5.41) is 57.3. The van der Waals surface area contributed by atoms with E-state index in [1.165, 1.54) is 13.2 Å². The summed E-state index contributed by atoms with van der Waals surface area (Å²) < 4.78 is 16.0. The van der Waals surface area contributed by atoms with Gasteiger partial charge >= 0.3 is 0 Å². The Morgan fingerprint density at radius 2 is 1.68 bits per heavy atom. The molecule has 1 aliphatic heterocycles. The summed E-state index contributed by atoms with van der Waals surface area (Å²) in [4.78, 5) is 0. The van der Waals surface area contributed by atoms with Crippen LogP contribution in [-0.2, 0) is 4.74 Å². The maximum Gasteiger partial charge on any atom is 0.229 e. The highest BCUT2D eigenvalue weighted by Gasteiger charge is 2.44. The van der Waals surface area contributed by atoms with Crippen LogP contribution in [0.5, 0.6) is 11.5 Å². The molecule has 1 aromatic carbocycles. The molecule has 0 spiro atoms. The van der Waals surface area contributed by atoms with E-state index >= 15 is 0 Å². The Balaban J connectivity index is 2.21. The SMILES string of the molecule is COc1cc(C(CO)CO)ccc1O[C@@H]1O[C@H](CO)[C@@H](O)[C@H](O)[C@H]1O. The molecule has 0 unspecified atom stereocenters. The van der Waals surface area contributed by atoms with Gasteiger partial charge in [0.05, 0.1) is 26.9 Å². The molecule has 0 saturated carbocycles. The fourth-order valence-electron chi connectivity index (χ4n) is 2.59. The molecule has 0 bridgehead atoms. The number of benzene rings is 1. The summed E-state index contributed by atoms with van der Waals surface area (Å²) in [5.41, 5.74) is 0.628. The standard InChI is InChI=1S/C16H24O9/c1-23-11-4-8(9(5-17)6-18)2-3-10(11)24-16-15(22)14(21)13(20)12(7-19)25-16/h2-4,9,12-22H,5-7H2,1H3/t12-,13-,14+,15-,16-/m1/s1. The lowest BCUT2D eigenvalue weighted by Gasteiger charge is -2.39. The molecule has 25 heavy (non-hydrogen) atoms. The molecule has 1 fully saturated rings. The van der Waals surface area contributed by atoms with Crippen LogP contribution in [0.2, 0.25) is 0 Å². The number of ether oxygens (including phenoxy) is 3. The molecular weight excluding hydrogens is 336 g/mol. The predicted octanol–water partition coefficient (Wildman–Crippen LogP) is -2.06. The van der Waals surface area contributed by atoms with Crippen LogP contribution in [0, 0.1) is 0 Å². The molecule has 1 heterocycles. The zero-order chi connectivity index (χ0) is 18.6. The van der Waals surface area contributed by atoms with Gasteiger partial charge in [-0.25, -0.2) is 0 Å². The van der Waals surface area contributed by atoms with Gasteiger partial charge in [0.1, 0.15) is 24.4 Å². The topological polar surface area (TPSA) is 149 Å². The average molecular weight is 360 g/mol. The first-order chi connectivity index (χ1) is 12.0. The monoisotopic (exact) mass is 360 g/mol. The maximum absolute atomic E-state index is 10.0. The highest BCUT2D eigenvalue weighted by atomic mass is 16.7. The number of hydrogen-bond donors (Lipinski definition) is 6. The fourth-order valence-corrected chi connectivity index (χ4v) is 2.59. The van der Waals surface area contributed by atoms with Gasteiger partial charge < -0.3 is 44.8 Å². The quantitative estimate of drug-likeness (QED) is 0.323. The third-order valence-corrected chi connectivity index (χ3v) is 4.19. The molecule has 9 heteroatoms. The minimum atomic E-state index is -1.55. The van der Waals surface area contributed by atoms with Crippen molar-refractivity contribution in [2.24, 2.45) is 0 Å². The number of rotatable bonds is 7. The first-order valence-electron chi connectivity index (χ1n) is 7.83. The lowest BCUT2D eigenvalue weighted by atomic mass is 9.99. The Labute approximate surface area is 144 Å². The molecule has 1 saturated heterocycles. The van der Waals surface area contributed by atoms with Gasteiger partial charge in [-0.1, -0.05) is 6.07 Å². The number of aliphatic hydroxyl groups is 6. The number of methoxy groups -OCH3 is 1. The van der Waals surface area contributed by atoms with Gasteiger partial charge in [-0.15, -0.1) is 0 Å². The first-order valence-corrected chi connectivity index (χ1v) is 7.83. The Hall–Kier alpha value is -1.46. The van der Waals surface area contributed by atoms with Crippen molar-refractivity contribution in [2.75, 3.05) is 26.9 Å². The second-order valence-corrected chi connectivity index (χ2v) is 5.79. The summed E-state index contributed by atoms with van der Waals surface area (Å²) in [7, 11) is 1.39. The molecule has 1 aliphatic rings. The van der Waals surface area contributed by atoms with Crippen LogP contribution < -0.4 is 9.47 Å². The summed E-state index contributed by atoms with van der Waals surface area (Å²) in [6.45, 7) is -1.05. The zero-order valence-electron chi connectivity index (χ0n) is 13.7. The molecule has 0 radical (unpaired) electrons. The van der Waals surface area contributed by atoms with E-state index in [4.69, 9.17) is 14.2 Å². The Kier molecular flexibility index (Phi) is 6.96. The van der Waals surface area contributed by atoms with E-state index in [1.807, 2.05) is 0 Å². The van der Waals surface area contributed by atoms with E-state index in [-0.39, 0.29) is 24.7 Å². The van der Waals surface area contributed by atoms with Crippen LogP contribution >= 0.6 is 0 Å². The lowest BCUT2D eigenvalue weighted by molar-refractivity contribution is -0.277. The largest absolute Gasteiger partial charge is 0.493 e. The Morgan fingerprint density at radius 3 is 2.24 bits per heavy atom. The van der Waals surface area contributed by atoms with E-state index < -0.39 is 43.2 Å². The zero-order valence-corrected chi connectivity index (χ0v) is 13.7. The molecule has 0 amide bonds. The van der Waals surface area contributed by atoms with Crippen LogP contribution in [-0.4, -0.2) is 88.3 Å². The van der Waals surface area contributed by atoms with E-state index in [0.29, 0.717) is 5.56 Å². The first kappa shape index (κ1) is 19.9. The van der Waals surface area contributed by atoms with Gasteiger partial charge in [0.25, 0.3) is 0 Å². The molecule has 5 atom stereocenters. The van der Waals surface area contributed by atoms with Crippen LogP contribution in [0.3, 0.4) is 0 Å². The van der Waals surface area contributed by atoms with Gasteiger partial charge in [-0.05, 0) is 17.7 Å². The van der Waals surface area contributed by atoms with Crippen LogP contribution in [0.4, 0.5) is 0 Å². The Morgan fingerprint density at radius 1 is 1.00 bits per heavy atom. The van der Waals surface area contributed by atoms with Crippen LogP contribution in [0.1, 0.15) is 11.5 Å². The van der Waals surface area contributed by atoms with Crippen molar-refractivity contribution in [1.82, 2.24) is 0 Å². The molecule has 0 aromatic heterocycles. The third-order valence-electron chi connectivity index (χ3n) is 4.19. The van der Waals surface area contributed by atoms with Crippen molar-refractivity contribution in [2.45, 2.75) is 36.6 Å². The molecule has 0 aliphatic carbocycles. The van der Waals surface area contributed by atoms with E-state index in [2.05, 4.69) is 0 Å². The lowest BCUT2D eigenvalue weighted by Crippen LogP contribution is -2.60. The third kappa shape index (κ3) is 4.21. The van der Waals surface area contributed by atoms with Crippen molar-refractivity contribution in [3.8, 4) is 11.5 Å².